The lowest BCUT2D eigenvalue weighted by atomic mass is 9.83. The summed E-state index contributed by atoms with van der Waals surface area (Å²) in [6.45, 7) is 3.33. The van der Waals surface area contributed by atoms with Crippen molar-refractivity contribution >= 4 is 28.5 Å². The second-order valence-electron chi connectivity index (χ2n) is 10.5. The molecule has 2 amide bonds. The summed E-state index contributed by atoms with van der Waals surface area (Å²) in [5.74, 6) is 0.872. The molecule has 3 aliphatic rings. The van der Waals surface area contributed by atoms with Gasteiger partial charge in [0.1, 0.15) is 12.1 Å². The van der Waals surface area contributed by atoms with E-state index in [-0.39, 0.29) is 29.7 Å². The number of fused-ring (bicyclic) bond motifs is 1. The molecule has 0 spiro atoms. The van der Waals surface area contributed by atoms with Crippen LogP contribution < -0.4 is 10.6 Å². The Labute approximate surface area is 214 Å². The number of halogens is 3. The van der Waals surface area contributed by atoms with Crippen molar-refractivity contribution in [3.05, 3.63) is 30.1 Å². The number of nitrogens with zero attached hydrogens (tertiary/aromatic N) is 4. The Morgan fingerprint density at radius 3 is 2.59 bits per heavy atom. The summed E-state index contributed by atoms with van der Waals surface area (Å²) >= 11 is 0. The number of piperidine rings is 1. The molecule has 3 heterocycles. The minimum atomic E-state index is -4.47. The molecule has 2 saturated heterocycles. The predicted octanol–water partition coefficient (Wildman–Crippen LogP) is 3.43. The van der Waals surface area contributed by atoms with E-state index in [1.54, 1.807) is 0 Å². The molecule has 37 heavy (non-hydrogen) atoms. The van der Waals surface area contributed by atoms with Gasteiger partial charge in [0.05, 0.1) is 23.7 Å². The Kier molecular flexibility index (Phi) is 7.50. The third kappa shape index (κ3) is 6.14. The van der Waals surface area contributed by atoms with E-state index in [1.165, 1.54) is 12.4 Å². The molecule has 2 aliphatic heterocycles. The van der Waals surface area contributed by atoms with Crippen molar-refractivity contribution in [2.75, 3.05) is 38.0 Å². The normalized spacial score (nSPS) is 23.6. The van der Waals surface area contributed by atoms with E-state index in [4.69, 9.17) is 0 Å². The smallest absolute Gasteiger partial charge is 0.360 e. The van der Waals surface area contributed by atoms with Crippen LogP contribution in [0.1, 0.15) is 50.5 Å². The van der Waals surface area contributed by atoms with Crippen LogP contribution >= 0.6 is 0 Å². The Balaban J connectivity index is 1.04. The molecule has 2 N–H and O–H groups in total. The number of rotatable bonds is 7. The van der Waals surface area contributed by atoms with E-state index < -0.39 is 11.7 Å². The number of carbonyl (C=O) groups is 2. The topological polar surface area (TPSA) is 90.5 Å². The summed E-state index contributed by atoms with van der Waals surface area (Å²) in [6.07, 6.45) is 4.13. The molecule has 3 fully saturated rings. The van der Waals surface area contributed by atoms with Gasteiger partial charge in [-0.1, -0.05) is 0 Å². The molecule has 1 aliphatic carbocycles. The zero-order valence-corrected chi connectivity index (χ0v) is 20.8. The lowest BCUT2D eigenvalue weighted by Crippen LogP contribution is -2.63. The first-order valence-electron chi connectivity index (χ1n) is 13.1. The van der Waals surface area contributed by atoms with E-state index in [1.807, 2.05) is 0 Å². The van der Waals surface area contributed by atoms with Gasteiger partial charge in [-0.05, 0) is 62.6 Å². The van der Waals surface area contributed by atoms with Gasteiger partial charge in [-0.15, -0.1) is 0 Å². The van der Waals surface area contributed by atoms with Crippen molar-refractivity contribution in [3.63, 3.8) is 0 Å². The van der Waals surface area contributed by atoms with Crippen molar-refractivity contribution in [2.45, 2.75) is 63.2 Å². The molecule has 0 radical (unpaired) electrons. The molecule has 8 nitrogen and oxygen atoms in total. The number of benzene rings is 1. The number of hydrogen-bond acceptors (Lipinski definition) is 6. The molecule has 1 aromatic carbocycles. The fourth-order valence-electron chi connectivity index (χ4n) is 5.78. The number of anilines is 1. The van der Waals surface area contributed by atoms with Gasteiger partial charge < -0.3 is 15.5 Å². The van der Waals surface area contributed by atoms with Crippen LogP contribution in [0.15, 0.2) is 24.5 Å². The van der Waals surface area contributed by atoms with Gasteiger partial charge in [-0.2, -0.15) is 13.2 Å². The summed E-state index contributed by atoms with van der Waals surface area (Å²) in [7, 11) is 0. The Hall–Kier alpha value is -2.95. The standard InChI is InChI=1S/C26H33F3N6O2/c27-26(28,29)18-6-9-22-21(11-18)25(32-16-31-22)30-12-23(36)33-19-14-35(15-19)20-7-4-17(5-8-20)13-34-10-2-1-3-24(34)37/h6,9,11,16-17,19-20H,1-5,7-8,10,12-15H2,(H,33,36)(H,30,31,32)/t17-,20-. The van der Waals surface area contributed by atoms with Crippen LogP contribution in [-0.2, 0) is 15.8 Å². The van der Waals surface area contributed by atoms with Crippen LogP contribution in [-0.4, -0.2) is 76.4 Å². The van der Waals surface area contributed by atoms with Crippen molar-refractivity contribution in [2.24, 2.45) is 5.92 Å². The minimum Gasteiger partial charge on any atom is -0.360 e. The summed E-state index contributed by atoms with van der Waals surface area (Å²) < 4.78 is 39.3. The quantitative estimate of drug-likeness (QED) is 0.584. The highest BCUT2D eigenvalue weighted by atomic mass is 19.4. The SMILES string of the molecule is O=C(CNc1ncnc2ccc(C(F)(F)F)cc12)NC1CN([C@H]2CC[C@H](CN3CCCCC3=O)CC2)C1. The van der Waals surface area contributed by atoms with Gasteiger partial charge in [-0.25, -0.2) is 9.97 Å². The van der Waals surface area contributed by atoms with Crippen LogP contribution in [0.5, 0.6) is 0 Å². The second-order valence-corrected chi connectivity index (χ2v) is 10.5. The number of alkyl halides is 3. The molecule has 0 unspecified atom stereocenters. The van der Waals surface area contributed by atoms with Gasteiger partial charge in [-0.3, -0.25) is 14.5 Å². The fourth-order valence-corrected chi connectivity index (χ4v) is 5.78. The van der Waals surface area contributed by atoms with Gasteiger partial charge in [0.25, 0.3) is 0 Å². The third-order valence-electron chi connectivity index (χ3n) is 7.89. The van der Waals surface area contributed by atoms with Gasteiger partial charge in [0.2, 0.25) is 11.8 Å². The lowest BCUT2D eigenvalue weighted by molar-refractivity contribution is -0.137. The summed E-state index contributed by atoms with van der Waals surface area (Å²) in [4.78, 5) is 37.1. The summed E-state index contributed by atoms with van der Waals surface area (Å²) in [5.41, 5.74) is -0.413. The van der Waals surface area contributed by atoms with Gasteiger partial charge >= 0.3 is 6.18 Å². The molecule has 1 saturated carbocycles. The molecule has 11 heteroatoms. The molecule has 5 rings (SSSR count). The maximum atomic E-state index is 13.1. The van der Waals surface area contributed by atoms with Crippen LogP contribution in [0.3, 0.4) is 0 Å². The van der Waals surface area contributed by atoms with Crippen LogP contribution in [0.25, 0.3) is 10.9 Å². The summed E-state index contributed by atoms with van der Waals surface area (Å²) in [6, 6.07) is 3.87. The maximum Gasteiger partial charge on any atom is 0.416 e. The average Bonchev–Trinajstić information content (AvgIpc) is 2.86. The van der Waals surface area contributed by atoms with E-state index in [0.29, 0.717) is 29.8 Å². The highest BCUT2D eigenvalue weighted by molar-refractivity contribution is 5.91. The van der Waals surface area contributed by atoms with E-state index in [2.05, 4.69) is 30.4 Å². The largest absolute Gasteiger partial charge is 0.416 e. The molecular weight excluding hydrogens is 485 g/mol. The van der Waals surface area contributed by atoms with E-state index >= 15 is 0 Å². The minimum absolute atomic E-state index is 0.0666. The Morgan fingerprint density at radius 2 is 1.86 bits per heavy atom. The highest BCUT2D eigenvalue weighted by Gasteiger charge is 2.36. The van der Waals surface area contributed by atoms with Crippen molar-refractivity contribution in [3.8, 4) is 0 Å². The van der Waals surface area contributed by atoms with Crippen molar-refractivity contribution in [1.29, 1.82) is 0 Å². The fraction of sp³-hybridized carbons (Fsp3) is 0.615. The number of aromatic nitrogens is 2. The number of hydrogen-bond donors (Lipinski definition) is 2. The molecule has 0 atom stereocenters. The predicted molar refractivity (Wildman–Crippen MR) is 133 cm³/mol. The monoisotopic (exact) mass is 518 g/mol. The van der Waals surface area contributed by atoms with Crippen molar-refractivity contribution < 1.29 is 22.8 Å². The molecule has 0 bridgehead atoms. The number of carbonyl (C=O) groups excluding carboxylic acids is 2. The second kappa shape index (κ2) is 10.8. The molecule has 200 valence electrons. The zero-order chi connectivity index (χ0) is 26.0. The zero-order valence-electron chi connectivity index (χ0n) is 20.8. The number of amides is 2. The maximum absolute atomic E-state index is 13.1. The molecule has 1 aromatic heterocycles. The first-order chi connectivity index (χ1) is 17.8. The molecular formula is C26H33F3N6O2. The van der Waals surface area contributed by atoms with Crippen LogP contribution in [0, 0.1) is 5.92 Å². The van der Waals surface area contributed by atoms with Gasteiger partial charge in [0, 0.05) is 44.0 Å². The van der Waals surface area contributed by atoms with Crippen LogP contribution in [0.4, 0.5) is 19.0 Å². The third-order valence-corrected chi connectivity index (χ3v) is 7.89. The average molecular weight is 519 g/mol. The van der Waals surface area contributed by atoms with Crippen LogP contribution in [0.2, 0.25) is 0 Å². The highest BCUT2D eigenvalue weighted by Crippen LogP contribution is 2.33. The molecule has 2 aromatic rings. The number of likely N-dealkylation sites (tertiary alicyclic amines) is 2. The first kappa shape index (κ1) is 25.7. The summed E-state index contributed by atoms with van der Waals surface area (Å²) in [5, 5.41) is 6.08. The Bertz CT molecular complexity index is 1130. The van der Waals surface area contributed by atoms with E-state index in [9.17, 15) is 22.8 Å². The number of nitrogens with one attached hydrogen (secondary N) is 2. The first-order valence-corrected chi connectivity index (χ1v) is 13.1. The van der Waals surface area contributed by atoms with Crippen molar-refractivity contribution in [1.82, 2.24) is 25.1 Å². The Morgan fingerprint density at radius 1 is 1.08 bits per heavy atom. The lowest BCUT2D eigenvalue weighted by Gasteiger charge is -2.47. The van der Waals surface area contributed by atoms with E-state index in [0.717, 1.165) is 76.8 Å². The van der Waals surface area contributed by atoms with Gasteiger partial charge in [0.15, 0.2) is 0 Å².